The van der Waals surface area contributed by atoms with Crippen molar-refractivity contribution in [2.24, 2.45) is 0 Å². The number of carbonyl (C=O) groups is 1. The Hall–Kier alpha value is -2.64. The number of hydrogen-bond acceptors (Lipinski definition) is 4. The van der Waals surface area contributed by atoms with Crippen molar-refractivity contribution in [1.82, 2.24) is 14.9 Å². The predicted molar refractivity (Wildman–Crippen MR) is 101 cm³/mol. The first-order chi connectivity index (χ1) is 13.2. The summed E-state index contributed by atoms with van der Waals surface area (Å²) < 4.78 is 39.2. The van der Waals surface area contributed by atoms with Gasteiger partial charge < -0.3 is 9.80 Å². The Labute approximate surface area is 162 Å². The van der Waals surface area contributed by atoms with Crippen LogP contribution < -0.4 is 4.90 Å². The molecule has 1 amide bonds. The predicted octanol–water partition coefficient (Wildman–Crippen LogP) is 3.70. The first-order valence-electron chi connectivity index (χ1n) is 9.26. The molecule has 0 N–H and O–H groups in total. The van der Waals surface area contributed by atoms with Crippen LogP contribution in [-0.2, 0) is 17.4 Å². The lowest BCUT2D eigenvalue weighted by Crippen LogP contribution is -2.48. The van der Waals surface area contributed by atoms with Gasteiger partial charge in [0.1, 0.15) is 5.82 Å². The molecule has 150 valence electrons. The summed E-state index contributed by atoms with van der Waals surface area (Å²) in [6.07, 6.45) is -3.70. The van der Waals surface area contributed by atoms with Gasteiger partial charge in [0.05, 0.1) is 5.56 Å². The third-order valence-corrected chi connectivity index (χ3v) is 5.02. The Morgan fingerprint density at radius 3 is 2.39 bits per heavy atom. The fraction of sp³-hybridized carbons (Fsp3) is 0.450. The van der Waals surface area contributed by atoms with Crippen LogP contribution in [0.2, 0.25) is 0 Å². The zero-order valence-corrected chi connectivity index (χ0v) is 16.2. The number of nitrogens with zero attached hydrogens (tertiary/aromatic N) is 4. The molecule has 0 atom stereocenters. The number of anilines is 1. The first kappa shape index (κ1) is 20.1. The van der Waals surface area contributed by atoms with E-state index in [0.29, 0.717) is 31.7 Å². The molecular formula is C20H23F3N4O. The highest BCUT2D eigenvalue weighted by atomic mass is 19.4. The molecule has 1 aliphatic heterocycles. The Morgan fingerprint density at radius 1 is 1.14 bits per heavy atom. The molecule has 0 spiro atoms. The van der Waals surface area contributed by atoms with Gasteiger partial charge >= 0.3 is 6.18 Å². The van der Waals surface area contributed by atoms with Crippen molar-refractivity contribution < 1.29 is 18.0 Å². The van der Waals surface area contributed by atoms with Crippen LogP contribution in [0.4, 0.5) is 19.0 Å². The van der Waals surface area contributed by atoms with Gasteiger partial charge in [-0.15, -0.1) is 0 Å². The minimum absolute atomic E-state index is 0.0406. The monoisotopic (exact) mass is 392 g/mol. The smallest absolute Gasteiger partial charge is 0.353 e. The molecule has 1 saturated heterocycles. The first-order valence-corrected chi connectivity index (χ1v) is 9.26. The number of aryl methyl sites for hydroxylation is 1. The summed E-state index contributed by atoms with van der Waals surface area (Å²) in [7, 11) is 0. The van der Waals surface area contributed by atoms with Crippen molar-refractivity contribution in [1.29, 1.82) is 0 Å². The molecule has 0 aliphatic carbocycles. The number of benzene rings is 1. The van der Waals surface area contributed by atoms with E-state index in [4.69, 9.17) is 0 Å². The van der Waals surface area contributed by atoms with Crippen molar-refractivity contribution in [3.05, 3.63) is 41.1 Å². The minimum Gasteiger partial charge on any atom is -0.353 e. The second-order valence-corrected chi connectivity index (χ2v) is 6.86. The largest absolute Gasteiger partial charge is 0.416 e. The average Bonchev–Trinajstić information content (AvgIpc) is 2.67. The maximum Gasteiger partial charge on any atom is 0.416 e. The summed E-state index contributed by atoms with van der Waals surface area (Å²) in [5.41, 5.74) is 1.35. The molecule has 1 aromatic heterocycles. The Morgan fingerprint density at radius 2 is 1.82 bits per heavy atom. The molecule has 1 aromatic carbocycles. The summed E-state index contributed by atoms with van der Waals surface area (Å²) in [6.45, 7) is 7.86. The van der Waals surface area contributed by atoms with Crippen LogP contribution in [0.3, 0.4) is 0 Å². The molecule has 3 rings (SSSR count). The van der Waals surface area contributed by atoms with Gasteiger partial charge in [0.15, 0.2) is 5.82 Å². The second kappa shape index (κ2) is 7.77. The van der Waals surface area contributed by atoms with E-state index in [1.54, 1.807) is 17.9 Å². The second-order valence-electron chi connectivity index (χ2n) is 6.86. The van der Waals surface area contributed by atoms with Gasteiger partial charge in [0.25, 0.3) is 0 Å². The van der Waals surface area contributed by atoms with Crippen LogP contribution >= 0.6 is 0 Å². The molecule has 0 bridgehead atoms. The summed E-state index contributed by atoms with van der Waals surface area (Å²) >= 11 is 0. The number of aromatic nitrogens is 2. The van der Waals surface area contributed by atoms with Crippen LogP contribution in [0.25, 0.3) is 11.4 Å². The Kier molecular flexibility index (Phi) is 5.58. The fourth-order valence-electron chi connectivity index (χ4n) is 3.45. The number of rotatable bonds is 3. The number of halogens is 3. The highest BCUT2D eigenvalue weighted by Gasteiger charge is 2.31. The topological polar surface area (TPSA) is 49.3 Å². The highest BCUT2D eigenvalue weighted by Crippen LogP contribution is 2.32. The fourth-order valence-corrected chi connectivity index (χ4v) is 3.45. The minimum atomic E-state index is -4.42. The molecule has 5 nitrogen and oxygen atoms in total. The third kappa shape index (κ3) is 4.10. The average molecular weight is 392 g/mol. The molecule has 0 saturated carbocycles. The SMILES string of the molecule is CCc1c(C)nc(-c2cccc(C(F)(F)F)c2)nc1N1CCN(C(C)=O)CC1. The van der Waals surface area contributed by atoms with Crippen molar-refractivity contribution in [3.8, 4) is 11.4 Å². The van der Waals surface area contributed by atoms with Crippen molar-refractivity contribution in [2.75, 3.05) is 31.1 Å². The van der Waals surface area contributed by atoms with E-state index in [0.717, 1.165) is 35.6 Å². The molecule has 1 aliphatic rings. The standard InChI is InChI=1S/C20H23F3N4O/c1-4-17-13(2)24-18(15-6-5-7-16(12-15)20(21,22)23)25-19(17)27-10-8-26(9-11-27)14(3)28/h5-7,12H,4,8-11H2,1-3H3. The van der Waals surface area contributed by atoms with Crippen LogP contribution in [0, 0.1) is 6.92 Å². The number of hydrogen-bond donors (Lipinski definition) is 0. The van der Waals surface area contributed by atoms with Crippen LogP contribution in [-0.4, -0.2) is 47.0 Å². The maximum absolute atomic E-state index is 13.1. The van der Waals surface area contributed by atoms with Gasteiger partial charge in [-0.3, -0.25) is 4.79 Å². The van der Waals surface area contributed by atoms with Crippen molar-refractivity contribution >= 4 is 11.7 Å². The van der Waals surface area contributed by atoms with E-state index in [9.17, 15) is 18.0 Å². The van der Waals surface area contributed by atoms with E-state index < -0.39 is 11.7 Å². The van der Waals surface area contributed by atoms with Gasteiger partial charge in [-0.1, -0.05) is 19.1 Å². The summed E-state index contributed by atoms with van der Waals surface area (Å²) in [6, 6.07) is 5.08. The van der Waals surface area contributed by atoms with Crippen LogP contribution in [0.1, 0.15) is 30.7 Å². The third-order valence-electron chi connectivity index (χ3n) is 5.02. The summed E-state index contributed by atoms with van der Waals surface area (Å²) in [4.78, 5) is 24.5. The number of piperazine rings is 1. The quantitative estimate of drug-likeness (QED) is 0.799. The maximum atomic E-state index is 13.1. The molecule has 0 radical (unpaired) electrons. The zero-order valence-electron chi connectivity index (χ0n) is 16.2. The molecule has 28 heavy (non-hydrogen) atoms. The number of amides is 1. The molecule has 1 fully saturated rings. The zero-order chi connectivity index (χ0) is 20.5. The van der Waals surface area contributed by atoms with Crippen LogP contribution in [0.15, 0.2) is 24.3 Å². The van der Waals surface area contributed by atoms with E-state index in [-0.39, 0.29) is 11.7 Å². The molecule has 0 unspecified atom stereocenters. The molecular weight excluding hydrogens is 369 g/mol. The number of carbonyl (C=O) groups excluding carboxylic acids is 1. The van der Waals surface area contributed by atoms with Gasteiger partial charge in [-0.05, 0) is 25.5 Å². The lowest BCUT2D eigenvalue weighted by atomic mass is 10.1. The van der Waals surface area contributed by atoms with Gasteiger partial charge in [0, 0.05) is 49.9 Å². The Bertz CT molecular complexity index is 874. The van der Waals surface area contributed by atoms with Gasteiger partial charge in [-0.25, -0.2) is 9.97 Å². The van der Waals surface area contributed by atoms with Crippen molar-refractivity contribution in [3.63, 3.8) is 0 Å². The molecule has 8 heteroatoms. The van der Waals surface area contributed by atoms with Gasteiger partial charge in [-0.2, -0.15) is 13.2 Å². The van der Waals surface area contributed by atoms with E-state index >= 15 is 0 Å². The van der Waals surface area contributed by atoms with Crippen molar-refractivity contribution in [2.45, 2.75) is 33.4 Å². The molecule has 2 aromatic rings. The van der Waals surface area contributed by atoms with E-state index in [1.165, 1.54) is 6.07 Å². The number of alkyl halides is 3. The van der Waals surface area contributed by atoms with Crippen LogP contribution in [0.5, 0.6) is 0 Å². The Balaban J connectivity index is 1.99. The summed E-state index contributed by atoms with van der Waals surface area (Å²) in [5, 5.41) is 0. The normalized spacial score (nSPS) is 15.1. The van der Waals surface area contributed by atoms with E-state index in [2.05, 4.69) is 14.9 Å². The highest BCUT2D eigenvalue weighted by molar-refractivity contribution is 5.73. The van der Waals surface area contributed by atoms with Gasteiger partial charge in [0.2, 0.25) is 5.91 Å². The molecule has 2 heterocycles. The van der Waals surface area contributed by atoms with E-state index in [1.807, 2.05) is 13.8 Å². The lowest BCUT2D eigenvalue weighted by Gasteiger charge is -2.36. The lowest BCUT2D eigenvalue weighted by molar-refractivity contribution is -0.137. The summed E-state index contributed by atoms with van der Waals surface area (Å²) in [5.74, 6) is 1.06.